The Morgan fingerprint density at radius 3 is 2.83 bits per heavy atom. The largest absolute Gasteiger partial charge is 0.390 e. The third-order valence-electron chi connectivity index (χ3n) is 5.06. The van der Waals surface area contributed by atoms with Gasteiger partial charge in [0.1, 0.15) is 5.60 Å². The predicted molar refractivity (Wildman–Crippen MR) is 89.5 cm³/mol. The van der Waals surface area contributed by atoms with Crippen LogP contribution < -0.4 is 5.32 Å². The molecular formula is C18H26N2O3. The van der Waals surface area contributed by atoms with Crippen molar-refractivity contribution < 1.29 is 14.6 Å². The summed E-state index contributed by atoms with van der Waals surface area (Å²) < 4.78 is 5.84. The average Bonchev–Trinajstić information content (AvgIpc) is 2.96. The number of carbonyl (C=O) groups is 1. The molecule has 1 amide bonds. The van der Waals surface area contributed by atoms with E-state index in [0.29, 0.717) is 26.1 Å². The van der Waals surface area contributed by atoms with E-state index in [1.807, 2.05) is 32.0 Å². The van der Waals surface area contributed by atoms with Crippen LogP contribution in [0.15, 0.2) is 18.2 Å². The van der Waals surface area contributed by atoms with Gasteiger partial charge in [0.2, 0.25) is 5.91 Å². The van der Waals surface area contributed by atoms with Gasteiger partial charge in [0.05, 0.1) is 12.6 Å². The first kappa shape index (κ1) is 16.4. The SMILES string of the molecule is Cc1cccc(C)c1NC(=O)CN1CC[C@H](O)[C@]2(CCCO2)C1. The maximum atomic E-state index is 12.4. The summed E-state index contributed by atoms with van der Waals surface area (Å²) in [7, 11) is 0. The Hall–Kier alpha value is -1.43. The Morgan fingerprint density at radius 2 is 2.17 bits per heavy atom. The molecule has 0 aromatic heterocycles. The number of nitrogens with one attached hydrogen (secondary N) is 1. The summed E-state index contributed by atoms with van der Waals surface area (Å²) in [5, 5.41) is 13.3. The van der Waals surface area contributed by atoms with Crippen molar-refractivity contribution in [2.45, 2.75) is 44.8 Å². The standard InChI is InChI=1S/C18H26N2O3/c1-13-5-3-6-14(2)17(13)19-16(22)11-20-9-7-15(21)18(12-20)8-4-10-23-18/h3,5-6,15,21H,4,7-12H2,1-2H3,(H,19,22)/t15-,18-/m0/s1. The molecule has 126 valence electrons. The highest BCUT2D eigenvalue weighted by atomic mass is 16.5. The van der Waals surface area contributed by atoms with Crippen molar-refractivity contribution >= 4 is 11.6 Å². The summed E-state index contributed by atoms with van der Waals surface area (Å²) in [5.74, 6) is -0.00747. The zero-order valence-corrected chi connectivity index (χ0v) is 14.0. The molecule has 3 rings (SSSR count). The fraction of sp³-hybridized carbons (Fsp3) is 0.611. The first-order valence-electron chi connectivity index (χ1n) is 8.41. The number of anilines is 1. The normalized spacial score (nSPS) is 28.2. The van der Waals surface area contributed by atoms with Gasteiger partial charge in [-0.3, -0.25) is 9.69 Å². The van der Waals surface area contributed by atoms with E-state index in [1.54, 1.807) is 0 Å². The predicted octanol–water partition coefficient (Wildman–Crippen LogP) is 1.86. The minimum atomic E-state index is -0.461. The smallest absolute Gasteiger partial charge is 0.238 e. The number of rotatable bonds is 3. The van der Waals surface area contributed by atoms with Crippen LogP contribution in [-0.4, -0.2) is 53.9 Å². The number of aliphatic hydroxyl groups excluding tert-OH is 1. The van der Waals surface area contributed by atoms with Crippen LogP contribution in [0.4, 0.5) is 5.69 Å². The van der Waals surface area contributed by atoms with Crippen molar-refractivity contribution in [1.82, 2.24) is 4.90 Å². The summed E-state index contributed by atoms with van der Waals surface area (Å²) in [6.07, 6.45) is 2.11. The molecule has 2 aliphatic heterocycles. The minimum Gasteiger partial charge on any atom is -0.390 e. The third-order valence-corrected chi connectivity index (χ3v) is 5.06. The van der Waals surface area contributed by atoms with E-state index >= 15 is 0 Å². The molecule has 2 heterocycles. The highest BCUT2D eigenvalue weighted by Gasteiger charge is 2.46. The number of aliphatic hydroxyl groups is 1. The maximum Gasteiger partial charge on any atom is 0.238 e. The van der Waals surface area contributed by atoms with Crippen molar-refractivity contribution in [3.8, 4) is 0 Å². The Morgan fingerprint density at radius 1 is 1.43 bits per heavy atom. The van der Waals surface area contributed by atoms with E-state index in [-0.39, 0.29) is 5.91 Å². The number of hydrogen-bond acceptors (Lipinski definition) is 4. The second-order valence-electron chi connectivity index (χ2n) is 6.85. The van der Waals surface area contributed by atoms with Crippen LogP contribution in [0.1, 0.15) is 30.4 Å². The second kappa shape index (κ2) is 6.59. The molecule has 0 saturated carbocycles. The first-order chi connectivity index (χ1) is 11.0. The van der Waals surface area contributed by atoms with E-state index in [4.69, 9.17) is 4.74 Å². The van der Waals surface area contributed by atoms with Crippen LogP contribution in [0.2, 0.25) is 0 Å². The molecule has 2 atom stereocenters. The first-order valence-corrected chi connectivity index (χ1v) is 8.41. The van der Waals surface area contributed by atoms with Gasteiger partial charge in [-0.1, -0.05) is 18.2 Å². The number of ether oxygens (including phenoxy) is 1. The Bertz CT molecular complexity index is 561. The van der Waals surface area contributed by atoms with E-state index in [0.717, 1.165) is 36.2 Å². The number of benzene rings is 1. The summed E-state index contributed by atoms with van der Waals surface area (Å²) in [4.78, 5) is 14.5. The second-order valence-corrected chi connectivity index (χ2v) is 6.85. The molecule has 1 aromatic rings. The van der Waals surface area contributed by atoms with E-state index in [1.165, 1.54) is 0 Å². The van der Waals surface area contributed by atoms with Crippen molar-refractivity contribution in [2.75, 3.05) is 31.6 Å². The van der Waals surface area contributed by atoms with Crippen LogP contribution in [0.25, 0.3) is 0 Å². The molecule has 0 bridgehead atoms. The van der Waals surface area contributed by atoms with E-state index in [9.17, 15) is 9.90 Å². The quantitative estimate of drug-likeness (QED) is 0.893. The number of para-hydroxylation sites is 1. The molecule has 2 N–H and O–H groups in total. The number of likely N-dealkylation sites (tertiary alicyclic amines) is 1. The molecule has 0 unspecified atom stereocenters. The van der Waals surface area contributed by atoms with E-state index < -0.39 is 11.7 Å². The van der Waals surface area contributed by atoms with E-state index in [2.05, 4.69) is 10.2 Å². The lowest BCUT2D eigenvalue weighted by Crippen LogP contribution is -2.57. The zero-order chi connectivity index (χ0) is 16.4. The highest BCUT2D eigenvalue weighted by Crippen LogP contribution is 2.34. The van der Waals surface area contributed by atoms with Gasteiger partial charge in [0.15, 0.2) is 0 Å². The summed E-state index contributed by atoms with van der Waals surface area (Å²) in [6, 6.07) is 6.00. The maximum absolute atomic E-state index is 12.4. The molecule has 5 heteroatoms. The summed E-state index contributed by atoms with van der Waals surface area (Å²) in [6.45, 7) is 6.41. The fourth-order valence-electron chi connectivity index (χ4n) is 3.77. The lowest BCUT2D eigenvalue weighted by Gasteiger charge is -2.42. The summed E-state index contributed by atoms with van der Waals surface area (Å²) in [5.41, 5.74) is 2.59. The van der Waals surface area contributed by atoms with Crippen molar-refractivity contribution in [3.63, 3.8) is 0 Å². The lowest BCUT2D eigenvalue weighted by molar-refractivity contribution is -0.137. The molecule has 0 aliphatic carbocycles. The van der Waals surface area contributed by atoms with Gasteiger partial charge in [-0.05, 0) is 44.2 Å². The van der Waals surface area contributed by atoms with Crippen LogP contribution in [-0.2, 0) is 9.53 Å². The number of carbonyl (C=O) groups excluding carboxylic acids is 1. The highest BCUT2D eigenvalue weighted by molar-refractivity contribution is 5.93. The van der Waals surface area contributed by atoms with Gasteiger partial charge in [-0.15, -0.1) is 0 Å². The van der Waals surface area contributed by atoms with Crippen molar-refractivity contribution in [1.29, 1.82) is 0 Å². The van der Waals surface area contributed by atoms with Crippen LogP contribution in [0, 0.1) is 13.8 Å². The monoisotopic (exact) mass is 318 g/mol. The van der Waals surface area contributed by atoms with Gasteiger partial charge in [-0.2, -0.15) is 0 Å². The molecule has 2 fully saturated rings. The number of hydrogen-bond donors (Lipinski definition) is 2. The molecule has 23 heavy (non-hydrogen) atoms. The average molecular weight is 318 g/mol. The molecule has 2 saturated heterocycles. The molecule has 5 nitrogen and oxygen atoms in total. The van der Waals surface area contributed by atoms with Gasteiger partial charge in [-0.25, -0.2) is 0 Å². The third kappa shape index (κ3) is 3.42. The van der Waals surface area contributed by atoms with Crippen molar-refractivity contribution in [2.24, 2.45) is 0 Å². The number of piperidine rings is 1. The van der Waals surface area contributed by atoms with Crippen LogP contribution >= 0.6 is 0 Å². The Balaban J connectivity index is 1.62. The fourth-order valence-corrected chi connectivity index (χ4v) is 3.77. The number of amides is 1. The van der Waals surface area contributed by atoms with Gasteiger partial charge >= 0.3 is 0 Å². The zero-order valence-electron chi connectivity index (χ0n) is 14.0. The lowest BCUT2D eigenvalue weighted by atomic mass is 9.87. The van der Waals surface area contributed by atoms with Gasteiger partial charge in [0, 0.05) is 25.4 Å². The number of nitrogens with zero attached hydrogens (tertiary/aromatic N) is 1. The van der Waals surface area contributed by atoms with Crippen LogP contribution in [0.3, 0.4) is 0 Å². The molecule has 0 radical (unpaired) electrons. The molecule has 2 aliphatic rings. The van der Waals surface area contributed by atoms with Crippen LogP contribution in [0.5, 0.6) is 0 Å². The molecular weight excluding hydrogens is 292 g/mol. The summed E-state index contributed by atoms with van der Waals surface area (Å²) >= 11 is 0. The Kier molecular flexibility index (Phi) is 4.71. The molecule has 1 spiro atoms. The minimum absolute atomic E-state index is 0.00747. The molecule has 1 aromatic carbocycles. The number of aryl methyl sites for hydroxylation is 2. The van der Waals surface area contributed by atoms with Gasteiger partial charge in [0.25, 0.3) is 0 Å². The van der Waals surface area contributed by atoms with Crippen molar-refractivity contribution in [3.05, 3.63) is 29.3 Å². The Labute approximate surface area is 137 Å². The topological polar surface area (TPSA) is 61.8 Å². The van der Waals surface area contributed by atoms with Gasteiger partial charge < -0.3 is 15.2 Å².